The van der Waals surface area contributed by atoms with Crippen molar-refractivity contribution in [1.82, 2.24) is 9.88 Å². The van der Waals surface area contributed by atoms with Gasteiger partial charge in [-0.05, 0) is 24.3 Å². The predicted molar refractivity (Wildman–Crippen MR) is 101 cm³/mol. The van der Waals surface area contributed by atoms with Crippen LogP contribution in [0, 0.1) is 0 Å². The third-order valence-electron chi connectivity index (χ3n) is 4.45. The Balaban J connectivity index is 1.62. The van der Waals surface area contributed by atoms with E-state index in [2.05, 4.69) is 14.8 Å². The zero-order chi connectivity index (χ0) is 18.4. The second-order valence-electron chi connectivity index (χ2n) is 5.95. The summed E-state index contributed by atoms with van der Waals surface area (Å²) in [5.41, 5.74) is 1.68. The Labute approximate surface area is 153 Å². The van der Waals surface area contributed by atoms with Gasteiger partial charge in [0.1, 0.15) is 0 Å². The van der Waals surface area contributed by atoms with E-state index in [-0.39, 0.29) is 5.78 Å². The van der Waals surface area contributed by atoms with Crippen LogP contribution in [0.15, 0.2) is 55.0 Å². The van der Waals surface area contributed by atoms with Gasteiger partial charge in [-0.1, -0.05) is 6.07 Å². The van der Waals surface area contributed by atoms with Crippen LogP contribution >= 0.6 is 0 Å². The van der Waals surface area contributed by atoms with Crippen molar-refractivity contribution < 1.29 is 14.3 Å². The molecule has 1 aliphatic heterocycles. The molecular formula is C20H23N3O3. The highest BCUT2D eigenvalue weighted by Crippen LogP contribution is 2.31. The molecule has 0 bridgehead atoms. The number of benzene rings is 1. The zero-order valence-electron chi connectivity index (χ0n) is 15.1. The first-order valence-corrected chi connectivity index (χ1v) is 8.55. The number of para-hydroxylation sites is 1. The number of piperazine rings is 1. The third kappa shape index (κ3) is 3.96. The maximum atomic E-state index is 12.6. The number of ketones is 1. The van der Waals surface area contributed by atoms with Crippen LogP contribution in [-0.4, -0.2) is 56.1 Å². The van der Waals surface area contributed by atoms with Crippen molar-refractivity contribution in [2.45, 2.75) is 0 Å². The Morgan fingerprint density at radius 1 is 1.04 bits per heavy atom. The highest BCUT2D eigenvalue weighted by molar-refractivity contribution is 6.07. The van der Waals surface area contributed by atoms with Crippen molar-refractivity contribution in [3.05, 3.63) is 60.6 Å². The lowest BCUT2D eigenvalue weighted by molar-refractivity contribution is 0.104. The van der Waals surface area contributed by atoms with Crippen molar-refractivity contribution >= 4 is 11.5 Å². The molecule has 2 heterocycles. The Morgan fingerprint density at radius 3 is 2.42 bits per heavy atom. The molecule has 2 aromatic rings. The molecule has 0 spiro atoms. The monoisotopic (exact) mass is 353 g/mol. The van der Waals surface area contributed by atoms with Gasteiger partial charge < -0.3 is 19.3 Å². The lowest BCUT2D eigenvalue weighted by Gasteiger charge is -2.35. The normalized spacial score (nSPS) is 14.5. The molecular weight excluding hydrogens is 330 g/mol. The van der Waals surface area contributed by atoms with Crippen LogP contribution < -0.4 is 14.4 Å². The SMILES string of the molecule is COc1cccc(C(=O)C=CN2CCN(c3ccncc3)CC2)c1OC. The Kier molecular flexibility index (Phi) is 5.73. The summed E-state index contributed by atoms with van der Waals surface area (Å²) in [6.07, 6.45) is 7.08. The summed E-state index contributed by atoms with van der Waals surface area (Å²) in [4.78, 5) is 21.1. The minimum Gasteiger partial charge on any atom is -0.493 e. The van der Waals surface area contributed by atoms with E-state index in [4.69, 9.17) is 9.47 Å². The fraction of sp³-hybridized carbons (Fsp3) is 0.300. The van der Waals surface area contributed by atoms with Crippen molar-refractivity contribution in [1.29, 1.82) is 0 Å². The number of aromatic nitrogens is 1. The van der Waals surface area contributed by atoms with E-state index < -0.39 is 0 Å². The van der Waals surface area contributed by atoms with Crippen LogP contribution in [0.2, 0.25) is 0 Å². The van der Waals surface area contributed by atoms with Gasteiger partial charge in [0, 0.05) is 56.5 Å². The molecule has 1 saturated heterocycles. The van der Waals surface area contributed by atoms with E-state index in [9.17, 15) is 4.79 Å². The van der Waals surface area contributed by atoms with Crippen LogP contribution in [0.3, 0.4) is 0 Å². The summed E-state index contributed by atoms with van der Waals surface area (Å²) in [6, 6.07) is 9.34. The Bertz CT molecular complexity index is 769. The first-order valence-electron chi connectivity index (χ1n) is 8.55. The van der Waals surface area contributed by atoms with Crippen LogP contribution in [0.1, 0.15) is 10.4 Å². The number of rotatable bonds is 6. The zero-order valence-corrected chi connectivity index (χ0v) is 15.1. The van der Waals surface area contributed by atoms with Gasteiger partial charge in [-0.15, -0.1) is 0 Å². The average molecular weight is 353 g/mol. The molecule has 136 valence electrons. The maximum Gasteiger partial charge on any atom is 0.191 e. The lowest BCUT2D eigenvalue weighted by atomic mass is 10.1. The minimum absolute atomic E-state index is 0.0997. The average Bonchev–Trinajstić information content (AvgIpc) is 2.72. The number of anilines is 1. The van der Waals surface area contributed by atoms with Crippen molar-refractivity contribution in [3.63, 3.8) is 0 Å². The van der Waals surface area contributed by atoms with E-state index >= 15 is 0 Å². The number of pyridine rings is 1. The molecule has 3 rings (SSSR count). The largest absolute Gasteiger partial charge is 0.493 e. The highest BCUT2D eigenvalue weighted by Gasteiger charge is 2.17. The molecule has 1 aromatic heterocycles. The van der Waals surface area contributed by atoms with Crippen LogP contribution in [0.4, 0.5) is 5.69 Å². The molecule has 0 aliphatic carbocycles. The lowest BCUT2D eigenvalue weighted by Crippen LogP contribution is -2.44. The van der Waals surface area contributed by atoms with E-state index in [0.29, 0.717) is 17.1 Å². The summed E-state index contributed by atoms with van der Waals surface area (Å²) in [5.74, 6) is 0.919. The molecule has 1 aromatic carbocycles. The summed E-state index contributed by atoms with van der Waals surface area (Å²) in [6.45, 7) is 3.54. The number of hydrogen-bond acceptors (Lipinski definition) is 6. The van der Waals surface area contributed by atoms with Gasteiger partial charge in [0.2, 0.25) is 0 Å². The summed E-state index contributed by atoms with van der Waals surface area (Å²) in [7, 11) is 3.10. The van der Waals surface area contributed by atoms with E-state index in [1.54, 1.807) is 31.4 Å². The molecule has 1 fully saturated rings. The summed E-state index contributed by atoms with van der Waals surface area (Å²) in [5, 5.41) is 0. The van der Waals surface area contributed by atoms with Crippen molar-refractivity contribution in [2.75, 3.05) is 45.3 Å². The molecule has 0 amide bonds. The Hall–Kier alpha value is -3.02. The van der Waals surface area contributed by atoms with Crippen LogP contribution in [0.5, 0.6) is 11.5 Å². The van der Waals surface area contributed by atoms with Gasteiger partial charge in [-0.3, -0.25) is 9.78 Å². The van der Waals surface area contributed by atoms with Gasteiger partial charge in [0.05, 0.1) is 19.8 Å². The van der Waals surface area contributed by atoms with Gasteiger partial charge in [-0.25, -0.2) is 0 Å². The fourth-order valence-electron chi connectivity index (χ4n) is 3.03. The second kappa shape index (κ2) is 8.38. The summed E-state index contributed by atoms with van der Waals surface area (Å²) < 4.78 is 10.6. The van der Waals surface area contributed by atoms with Gasteiger partial charge in [0.25, 0.3) is 0 Å². The molecule has 6 heteroatoms. The van der Waals surface area contributed by atoms with E-state index in [1.807, 2.05) is 30.7 Å². The molecule has 0 saturated carbocycles. The molecule has 0 atom stereocenters. The molecule has 6 nitrogen and oxygen atoms in total. The number of methoxy groups -OCH3 is 2. The van der Waals surface area contributed by atoms with Crippen molar-refractivity contribution in [2.24, 2.45) is 0 Å². The van der Waals surface area contributed by atoms with Crippen molar-refractivity contribution in [3.8, 4) is 11.5 Å². The van der Waals surface area contributed by atoms with Crippen LogP contribution in [-0.2, 0) is 0 Å². The van der Waals surface area contributed by atoms with Gasteiger partial charge in [0.15, 0.2) is 17.3 Å². The number of carbonyl (C=O) groups excluding carboxylic acids is 1. The minimum atomic E-state index is -0.0997. The van der Waals surface area contributed by atoms with E-state index in [0.717, 1.165) is 26.2 Å². The third-order valence-corrected chi connectivity index (χ3v) is 4.45. The fourth-order valence-corrected chi connectivity index (χ4v) is 3.03. The highest BCUT2D eigenvalue weighted by atomic mass is 16.5. The smallest absolute Gasteiger partial charge is 0.191 e. The number of allylic oxidation sites excluding steroid dienone is 1. The van der Waals surface area contributed by atoms with Gasteiger partial charge >= 0.3 is 0 Å². The number of carbonyl (C=O) groups is 1. The molecule has 0 N–H and O–H groups in total. The van der Waals surface area contributed by atoms with Crippen LogP contribution in [0.25, 0.3) is 0 Å². The van der Waals surface area contributed by atoms with Gasteiger partial charge in [-0.2, -0.15) is 0 Å². The predicted octanol–water partition coefficient (Wildman–Crippen LogP) is 2.62. The van der Waals surface area contributed by atoms with E-state index in [1.165, 1.54) is 12.8 Å². The molecule has 1 aliphatic rings. The maximum absolute atomic E-state index is 12.6. The molecule has 26 heavy (non-hydrogen) atoms. The first kappa shape index (κ1) is 17.8. The molecule has 0 radical (unpaired) electrons. The number of ether oxygens (including phenoxy) is 2. The quantitative estimate of drug-likeness (QED) is 0.588. The Morgan fingerprint density at radius 2 is 1.77 bits per heavy atom. The number of nitrogens with zero attached hydrogens (tertiary/aromatic N) is 3. The standard InChI is InChI=1S/C20H23N3O3/c1-25-19-5-3-4-17(20(19)26-2)18(24)8-11-22-12-14-23(15-13-22)16-6-9-21-10-7-16/h3-11H,12-15H2,1-2H3. The number of hydrogen-bond donors (Lipinski definition) is 0. The topological polar surface area (TPSA) is 54.9 Å². The molecule has 0 unspecified atom stereocenters. The first-order chi connectivity index (χ1) is 12.7. The second-order valence-corrected chi connectivity index (χ2v) is 5.95. The summed E-state index contributed by atoms with van der Waals surface area (Å²) >= 11 is 0.